The second kappa shape index (κ2) is 5.86. The third-order valence-corrected chi connectivity index (χ3v) is 4.75. The van der Waals surface area contributed by atoms with E-state index in [0.717, 1.165) is 32.4 Å². The Labute approximate surface area is 122 Å². The molecule has 0 aliphatic carbocycles. The van der Waals surface area contributed by atoms with Gasteiger partial charge in [-0.05, 0) is 24.7 Å². The number of nitrogens with two attached hydrogens (primary N) is 1. The van der Waals surface area contributed by atoms with Crippen molar-refractivity contribution < 1.29 is 9.53 Å². The number of ether oxygens (including phenoxy) is 1. The van der Waals surface area contributed by atoms with Gasteiger partial charge in [0.05, 0.1) is 5.41 Å². The lowest BCUT2D eigenvalue weighted by Crippen LogP contribution is -2.52. The van der Waals surface area contributed by atoms with Gasteiger partial charge in [0.2, 0.25) is 5.91 Å². The van der Waals surface area contributed by atoms with Crippen molar-refractivity contribution in [2.75, 3.05) is 32.8 Å². The largest absolute Gasteiger partial charge is 0.381 e. The van der Waals surface area contributed by atoms with Crippen LogP contribution in [0.15, 0.2) is 11.6 Å². The Morgan fingerprint density at radius 1 is 1.40 bits per heavy atom. The van der Waals surface area contributed by atoms with E-state index in [1.54, 1.807) is 0 Å². The number of amides is 1. The molecule has 0 saturated carbocycles. The van der Waals surface area contributed by atoms with Crippen molar-refractivity contribution in [2.24, 2.45) is 16.6 Å². The van der Waals surface area contributed by atoms with E-state index >= 15 is 0 Å². The van der Waals surface area contributed by atoms with Crippen LogP contribution < -0.4 is 5.73 Å². The van der Waals surface area contributed by atoms with E-state index in [4.69, 9.17) is 10.5 Å². The summed E-state index contributed by atoms with van der Waals surface area (Å²) in [6.45, 7) is 9.99. The highest BCUT2D eigenvalue weighted by Crippen LogP contribution is 2.34. The molecule has 20 heavy (non-hydrogen) atoms. The van der Waals surface area contributed by atoms with Crippen molar-refractivity contribution in [2.45, 2.75) is 40.0 Å². The van der Waals surface area contributed by atoms with Gasteiger partial charge in [-0.3, -0.25) is 4.79 Å². The second-order valence-corrected chi connectivity index (χ2v) is 7.08. The number of nitrogens with zero attached hydrogens (tertiary/aromatic N) is 1. The molecule has 2 aliphatic rings. The van der Waals surface area contributed by atoms with Gasteiger partial charge in [-0.1, -0.05) is 32.4 Å². The Morgan fingerprint density at radius 3 is 2.50 bits per heavy atom. The zero-order chi connectivity index (χ0) is 14.8. The average molecular weight is 280 g/mol. The fraction of sp³-hybridized carbons (Fsp3) is 0.812. The first kappa shape index (κ1) is 15.5. The van der Waals surface area contributed by atoms with Crippen LogP contribution in [0.2, 0.25) is 0 Å². The van der Waals surface area contributed by atoms with Crippen molar-refractivity contribution in [1.82, 2.24) is 4.90 Å². The maximum Gasteiger partial charge on any atom is 0.230 e. The zero-order valence-corrected chi connectivity index (χ0v) is 13.1. The molecule has 2 rings (SSSR count). The molecule has 0 bridgehead atoms. The Hall–Kier alpha value is -0.870. The fourth-order valence-corrected chi connectivity index (χ4v) is 3.14. The fourth-order valence-electron chi connectivity index (χ4n) is 3.14. The summed E-state index contributed by atoms with van der Waals surface area (Å²) in [6, 6.07) is 0. The topological polar surface area (TPSA) is 55.6 Å². The third-order valence-electron chi connectivity index (χ3n) is 4.75. The van der Waals surface area contributed by atoms with Gasteiger partial charge in [0.1, 0.15) is 0 Å². The summed E-state index contributed by atoms with van der Waals surface area (Å²) in [4.78, 5) is 14.8. The minimum absolute atomic E-state index is 0.208. The molecule has 114 valence electrons. The van der Waals surface area contributed by atoms with Gasteiger partial charge in [-0.25, -0.2) is 0 Å². The lowest BCUT2D eigenvalue weighted by atomic mass is 9.78. The van der Waals surface area contributed by atoms with Crippen LogP contribution >= 0.6 is 0 Å². The highest BCUT2D eigenvalue weighted by Gasteiger charge is 2.41. The predicted octanol–water partition coefficient (Wildman–Crippen LogP) is 1.95. The maximum absolute atomic E-state index is 12.8. The van der Waals surface area contributed by atoms with Crippen LogP contribution in [0.25, 0.3) is 0 Å². The highest BCUT2D eigenvalue weighted by atomic mass is 16.5. The molecule has 2 aliphatic heterocycles. The van der Waals surface area contributed by atoms with Crippen molar-refractivity contribution in [3.8, 4) is 0 Å². The molecule has 0 aromatic rings. The average Bonchev–Trinajstić information content (AvgIpc) is 2.46. The first-order chi connectivity index (χ1) is 9.39. The van der Waals surface area contributed by atoms with Gasteiger partial charge < -0.3 is 15.4 Å². The molecule has 0 atom stereocenters. The lowest BCUT2D eigenvalue weighted by Gasteiger charge is -2.40. The van der Waals surface area contributed by atoms with E-state index in [1.165, 1.54) is 5.57 Å². The monoisotopic (exact) mass is 280 g/mol. The summed E-state index contributed by atoms with van der Waals surface area (Å²) >= 11 is 0. The molecular weight excluding hydrogens is 252 g/mol. The molecular formula is C16H28N2O2. The van der Waals surface area contributed by atoms with E-state index in [1.807, 2.05) is 4.90 Å². The van der Waals surface area contributed by atoms with E-state index in [0.29, 0.717) is 19.8 Å². The minimum Gasteiger partial charge on any atom is -0.381 e. The normalized spacial score (nSPS) is 23.4. The molecule has 1 saturated heterocycles. The van der Waals surface area contributed by atoms with Crippen LogP contribution in [0.4, 0.5) is 0 Å². The van der Waals surface area contributed by atoms with Crippen LogP contribution in [0.5, 0.6) is 0 Å². The number of carbonyl (C=O) groups excluding carboxylic acids is 1. The number of hydrogen-bond acceptors (Lipinski definition) is 3. The highest BCUT2D eigenvalue weighted by molar-refractivity contribution is 5.83. The molecule has 1 amide bonds. The summed E-state index contributed by atoms with van der Waals surface area (Å²) < 4.78 is 5.39. The smallest absolute Gasteiger partial charge is 0.230 e. The molecule has 4 heteroatoms. The minimum atomic E-state index is -0.384. The van der Waals surface area contributed by atoms with Crippen molar-refractivity contribution in [3.05, 3.63) is 11.6 Å². The van der Waals surface area contributed by atoms with E-state index in [-0.39, 0.29) is 16.7 Å². The standard InChI is InChI=1S/C16H28N2O2/c1-15(2,3)13-4-8-18(9-5-13)14(19)16(12-17)6-10-20-11-7-16/h4H,5-12,17H2,1-3H3. The first-order valence-electron chi connectivity index (χ1n) is 7.66. The molecule has 2 heterocycles. The van der Waals surface area contributed by atoms with Crippen LogP contribution in [-0.4, -0.2) is 43.7 Å². The van der Waals surface area contributed by atoms with Crippen LogP contribution in [0, 0.1) is 10.8 Å². The lowest BCUT2D eigenvalue weighted by molar-refractivity contribution is -0.146. The predicted molar refractivity (Wildman–Crippen MR) is 80.3 cm³/mol. The van der Waals surface area contributed by atoms with E-state index in [9.17, 15) is 4.79 Å². The molecule has 1 fully saturated rings. The molecule has 0 spiro atoms. The Bertz CT molecular complexity index is 390. The van der Waals surface area contributed by atoms with Gasteiger partial charge in [0.25, 0.3) is 0 Å². The number of carbonyl (C=O) groups is 1. The quantitative estimate of drug-likeness (QED) is 0.787. The summed E-state index contributed by atoms with van der Waals surface area (Å²) in [7, 11) is 0. The molecule has 0 unspecified atom stereocenters. The van der Waals surface area contributed by atoms with Crippen molar-refractivity contribution in [1.29, 1.82) is 0 Å². The number of rotatable bonds is 2. The summed E-state index contributed by atoms with van der Waals surface area (Å²) in [5.41, 5.74) is 7.20. The SMILES string of the molecule is CC(C)(C)C1=CCN(C(=O)C2(CN)CCOCC2)CC1. The Balaban J connectivity index is 2.06. The summed E-state index contributed by atoms with van der Waals surface area (Å²) in [5.74, 6) is 0.229. The first-order valence-corrected chi connectivity index (χ1v) is 7.66. The van der Waals surface area contributed by atoms with Crippen LogP contribution in [0.1, 0.15) is 40.0 Å². The van der Waals surface area contributed by atoms with Gasteiger partial charge in [-0.15, -0.1) is 0 Å². The second-order valence-electron chi connectivity index (χ2n) is 7.08. The Kier molecular flexibility index (Phi) is 4.55. The van der Waals surface area contributed by atoms with Gasteiger partial charge in [-0.2, -0.15) is 0 Å². The summed E-state index contributed by atoms with van der Waals surface area (Å²) in [6.07, 6.45) is 4.72. The Morgan fingerprint density at radius 2 is 2.05 bits per heavy atom. The third kappa shape index (κ3) is 3.07. The molecule has 0 aromatic heterocycles. The molecule has 2 N–H and O–H groups in total. The van der Waals surface area contributed by atoms with Crippen LogP contribution in [-0.2, 0) is 9.53 Å². The van der Waals surface area contributed by atoms with Crippen molar-refractivity contribution >= 4 is 5.91 Å². The maximum atomic E-state index is 12.8. The molecule has 0 radical (unpaired) electrons. The summed E-state index contributed by atoms with van der Waals surface area (Å²) in [5, 5.41) is 0. The number of hydrogen-bond donors (Lipinski definition) is 1. The zero-order valence-electron chi connectivity index (χ0n) is 13.1. The van der Waals surface area contributed by atoms with E-state index < -0.39 is 0 Å². The molecule has 4 nitrogen and oxygen atoms in total. The van der Waals surface area contributed by atoms with Gasteiger partial charge in [0.15, 0.2) is 0 Å². The van der Waals surface area contributed by atoms with Crippen molar-refractivity contribution in [3.63, 3.8) is 0 Å². The van der Waals surface area contributed by atoms with E-state index in [2.05, 4.69) is 26.8 Å². The molecule has 0 aromatic carbocycles. The van der Waals surface area contributed by atoms with Gasteiger partial charge >= 0.3 is 0 Å². The van der Waals surface area contributed by atoms with Gasteiger partial charge in [0, 0.05) is 32.8 Å². The van der Waals surface area contributed by atoms with Crippen LogP contribution in [0.3, 0.4) is 0 Å².